The average Bonchev–Trinajstić information content (AvgIpc) is 3.12. The van der Waals surface area contributed by atoms with Gasteiger partial charge in [0.2, 0.25) is 5.91 Å². The summed E-state index contributed by atoms with van der Waals surface area (Å²) in [6.07, 6.45) is 1.96. The van der Waals surface area contributed by atoms with Crippen molar-refractivity contribution >= 4 is 17.3 Å². The highest BCUT2D eigenvalue weighted by atomic mass is 16.6. The fraction of sp³-hybridized carbons (Fsp3) is 0.286. The van der Waals surface area contributed by atoms with Crippen LogP contribution in [0.2, 0.25) is 0 Å². The normalized spacial score (nSPS) is 17.6. The Labute approximate surface area is 162 Å². The van der Waals surface area contributed by atoms with Crippen molar-refractivity contribution in [1.29, 1.82) is 0 Å². The minimum absolute atomic E-state index is 0.0216. The first-order chi connectivity index (χ1) is 13.5. The summed E-state index contributed by atoms with van der Waals surface area (Å²) in [5.41, 5.74) is 8.22. The number of fused-ring (bicyclic) bond motifs is 2. The highest BCUT2D eigenvalue weighted by Gasteiger charge is 2.39. The number of methoxy groups -OCH3 is 1. The van der Waals surface area contributed by atoms with E-state index in [1.54, 1.807) is 24.3 Å². The number of hydrogen-bond acceptors (Lipinski definition) is 5. The number of nitro groups is 1. The fourth-order valence-electron chi connectivity index (χ4n) is 3.98. The number of rotatable bonds is 4. The van der Waals surface area contributed by atoms with Gasteiger partial charge in [-0.05, 0) is 41.7 Å². The van der Waals surface area contributed by atoms with E-state index >= 15 is 0 Å². The number of benzene rings is 2. The third-order valence-corrected chi connectivity index (χ3v) is 5.36. The van der Waals surface area contributed by atoms with Crippen LogP contribution >= 0.6 is 0 Å². The number of nitrogens with one attached hydrogen (secondary N) is 1. The van der Waals surface area contributed by atoms with E-state index in [0.29, 0.717) is 6.42 Å². The van der Waals surface area contributed by atoms with Gasteiger partial charge >= 0.3 is 0 Å². The molecule has 0 saturated heterocycles. The Kier molecular flexibility index (Phi) is 4.50. The quantitative estimate of drug-likeness (QED) is 0.646. The van der Waals surface area contributed by atoms with E-state index in [4.69, 9.17) is 4.74 Å². The molecule has 0 fully saturated rings. The molecule has 1 unspecified atom stereocenters. The third-order valence-electron chi connectivity index (χ3n) is 5.36. The Morgan fingerprint density at radius 1 is 1.29 bits per heavy atom. The molecule has 2 aromatic carbocycles. The lowest BCUT2D eigenvalue weighted by atomic mass is 9.85. The van der Waals surface area contributed by atoms with Crippen molar-refractivity contribution in [2.45, 2.75) is 32.2 Å². The molecule has 4 rings (SSSR count). The summed E-state index contributed by atoms with van der Waals surface area (Å²) in [6.45, 7) is 1.81. The number of hydrogen-bond donors (Lipinski definition) is 1. The molecule has 1 amide bonds. The first-order valence-electron chi connectivity index (χ1n) is 9.27. The Morgan fingerprint density at radius 3 is 2.82 bits per heavy atom. The number of carbonyl (C=O) groups is 1. The van der Waals surface area contributed by atoms with Gasteiger partial charge in [0.25, 0.3) is 5.69 Å². The first kappa shape index (κ1) is 18.0. The van der Waals surface area contributed by atoms with E-state index in [0.717, 1.165) is 41.0 Å². The van der Waals surface area contributed by atoms with Crippen LogP contribution < -0.4 is 10.2 Å². The molecule has 28 heavy (non-hydrogen) atoms. The van der Waals surface area contributed by atoms with Gasteiger partial charge in [0.15, 0.2) is 0 Å². The molecular weight excluding hydrogens is 358 g/mol. The van der Waals surface area contributed by atoms with Gasteiger partial charge in [0.05, 0.1) is 17.7 Å². The second kappa shape index (κ2) is 6.99. The lowest BCUT2D eigenvalue weighted by Gasteiger charge is -2.26. The topological polar surface area (TPSA) is 84.7 Å². The van der Waals surface area contributed by atoms with Crippen LogP contribution in [0.15, 0.2) is 48.0 Å². The number of non-ortho nitro benzene ring substituents is 1. The fourth-order valence-corrected chi connectivity index (χ4v) is 3.98. The third kappa shape index (κ3) is 2.89. The molecule has 1 atom stereocenters. The molecule has 0 bridgehead atoms. The minimum atomic E-state index is -0.409. The molecule has 1 heterocycles. The van der Waals surface area contributed by atoms with Crippen molar-refractivity contribution in [2.24, 2.45) is 0 Å². The standard InChI is InChI=1S/C21H21N3O4/c1-3-19(25)23-21(14-5-4-6-15(11-14)24(26)27)17-10-8-13-7-9-16(28-2)12-18(13)20(17)22-23/h4-7,9,11-12,21-22H,3,8,10H2,1-2H3. The van der Waals surface area contributed by atoms with Gasteiger partial charge in [-0.2, -0.15) is 0 Å². The Hall–Kier alpha value is -3.35. The van der Waals surface area contributed by atoms with E-state index in [-0.39, 0.29) is 17.6 Å². The lowest BCUT2D eigenvalue weighted by molar-refractivity contribution is -0.384. The summed E-state index contributed by atoms with van der Waals surface area (Å²) in [6, 6.07) is 12.1. The van der Waals surface area contributed by atoms with Crippen molar-refractivity contribution in [2.75, 3.05) is 7.11 Å². The molecule has 0 saturated carbocycles. The van der Waals surface area contributed by atoms with Crippen molar-refractivity contribution < 1.29 is 14.5 Å². The van der Waals surface area contributed by atoms with Gasteiger partial charge < -0.3 is 4.74 Å². The zero-order valence-electron chi connectivity index (χ0n) is 15.8. The number of carbonyl (C=O) groups excluding carboxylic acids is 1. The SMILES string of the molecule is CCC(=O)N1NC2=C(CCc3ccc(OC)cc32)C1c1cccc([N+](=O)[O-])c1. The van der Waals surface area contributed by atoms with Crippen LogP contribution in [0, 0.1) is 10.1 Å². The van der Waals surface area contributed by atoms with Gasteiger partial charge in [0, 0.05) is 24.1 Å². The van der Waals surface area contributed by atoms with E-state index in [9.17, 15) is 14.9 Å². The molecule has 1 aliphatic carbocycles. The Bertz CT molecular complexity index is 999. The van der Waals surface area contributed by atoms with Crippen LogP contribution in [0.25, 0.3) is 5.70 Å². The predicted octanol–water partition coefficient (Wildman–Crippen LogP) is 3.76. The van der Waals surface area contributed by atoms with Crippen LogP contribution in [0.3, 0.4) is 0 Å². The molecule has 0 radical (unpaired) electrons. The second-order valence-electron chi connectivity index (χ2n) is 6.91. The highest BCUT2D eigenvalue weighted by molar-refractivity contribution is 5.84. The number of amides is 1. The lowest BCUT2D eigenvalue weighted by Crippen LogP contribution is -2.39. The summed E-state index contributed by atoms with van der Waals surface area (Å²) in [5.74, 6) is 0.691. The molecule has 2 aliphatic rings. The Morgan fingerprint density at radius 2 is 2.11 bits per heavy atom. The van der Waals surface area contributed by atoms with E-state index in [1.165, 1.54) is 11.6 Å². The zero-order valence-corrected chi connectivity index (χ0v) is 15.8. The summed E-state index contributed by atoms with van der Waals surface area (Å²) in [4.78, 5) is 23.5. The van der Waals surface area contributed by atoms with Gasteiger partial charge in [-0.25, -0.2) is 5.01 Å². The number of hydrazine groups is 1. The van der Waals surface area contributed by atoms with Crippen molar-refractivity contribution in [1.82, 2.24) is 10.4 Å². The smallest absolute Gasteiger partial charge is 0.269 e. The zero-order chi connectivity index (χ0) is 19.8. The Balaban J connectivity index is 1.85. The maximum atomic E-state index is 12.7. The monoisotopic (exact) mass is 379 g/mol. The number of nitrogens with zero attached hydrogens (tertiary/aromatic N) is 2. The van der Waals surface area contributed by atoms with Crippen molar-refractivity contribution in [3.63, 3.8) is 0 Å². The molecule has 0 spiro atoms. The van der Waals surface area contributed by atoms with E-state index in [1.807, 2.05) is 31.2 Å². The summed E-state index contributed by atoms with van der Waals surface area (Å²) < 4.78 is 5.37. The number of ether oxygens (including phenoxy) is 1. The van der Waals surface area contributed by atoms with Gasteiger partial charge in [-0.1, -0.05) is 25.1 Å². The van der Waals surface area contributed by atoms with Crippen molar-refractivity contribution in [3.8, 4) is 5.75 Å². The van der Waals surface area contributed by atoms with E-state index < -0.39 is 4.92 Å². The molecule has 0 aromatic heterocycles. The maximum absolute atomic E-state index is 12.7. The number of aryl methyl sites for hydroxylation is 1. The molecule has 7 nitrogen and oxygen atoms in total. The molecular formula is C21H21N3O4. The second-order valence-corrected chi connectivity index (χ2v) is 6.91. The van der Waals surface area contributed by atoms with Gasteiger partial charge in [-0.3, -0.25) is 20.3 Å². The van der Waals surface area contributed by atoms with Crippen molar-refractivity contribution in [3.05, 3.63) is 74.8 Å². The predicted molar refractivity (Wildman–Crippen MR) is 104 cm³/mol. The van der Waals surface area contributed by atoms with Gasteiger partial charge in [-0.15, -0.1) is 0 Å². The summed E-state index contributed by atoms with van der Waals surface area (Å²) >= 11 is 0. The van der Waals surface area contributed by atoms with E-state index in [2.05, 4.69) is 5.43 Å². The molecule has 2 aromatic rings. The first-order valence-corrected chi connectivity index (χ1v) is 9.27. The van der Waals surface area contributed by atoms with Crippen LogP contribution in [0.4, 0.5) is 5.69 Å². The average molecular weight is 379 g/mol. The molecule has 7 heteroatoms. The largest absolute Gasteiger partial charge is 0.497 e. The molecule has 144 valence electrons. The number of nitro benzene ring substituents is 1. The maximum Gasteiger partial charge on any atom is 0.269 e. The molecule has 1 aliphatic heterocycles. The van der Waals surface area contributed by atoms with Crippen LogP contribution in [-0.4, -0.2) is 22.9 Å². The highest BCUT2D eigenvalue weighted by Crippen LogP contribution is 2.45. The van der Waals surface area contributed by atoms with Crippen LogP contribution in [0.5, 0.6) is 5.75 Å². The van der Waals surface area contributed by atoms with Crippen LogP contribution in [0.1, 0.15) is 42.5 Å². The summed E-state index contributed by atoms with van der Waals surface area (Å²) in [7, 11) is 1.63. The van der Waals surface area contributed by atoms with Crippen LogP contribution in [-0.2, 0) is 11.2 Å². The summed E-state index contributed by atoms with van der Waals surface area (Å²) in [5, 5.41) is 12.8. The van der Waals surface area contributed by atoms with Gasteiger partial charge in [0.1, 0.15) is 11.8 Å². The molecule has 1 N–H and O–H groups in total. The minimum Gasteiger partial charge on any atom is -0.497 e.